The van der Waals surface area contributed by atoms with Gasteiger partial charge in [0.1, 0.15) is 5.75 Å². The molecule has 0 aliphatic carbocycles. The second-order valence-electron chi connectivity index (χ2n) is 11.2. The van der Waals surface area contributed by atoms with E-state index in [9.17, 15) is 9.90 Å². The molecule has 0 aliphatic heterocycles. The van der Waals surface area contributed by atoms with Crippen LogP contribution in [0.25, 0.3) is 0 Å². The van der Waals surface area contributed by atoms with Gasteiger partial charge in [-0.25, -0.2) is 0 Å². The van der Waals surface area contributed by atoms with Gasteiger partial charge < -0.3 is 35.1 Å². The number of amides is 1. The summed E-state index contributed by atoms with van der Waals surface area (Å²) in [5.41, 5.74) is 8.38. The van der Waals surface area contributed by atoms with Crippen LogP contribution >= 0.6 is 0 Å². The average Bonchev–Trinajstić information content (AvgIpc) is 2.93. The summed E-state index contributed by atoms with van der Waals surface area (Å²) in [6.45, 7) is 9.52. The molecule has 4 unspecified atom stereocenters. The molecule has 40 heavy (non-hydrogen) atoms. The normalized spacial score (nSPS) is 14.5. The molecule has 8 nitrogen and oxygen atoms in total. The van der Waals surface area contributed by atoms with Crippen molar-refractivity contribution < 1.29 is 28.8 Å². The van der Waals surface area contributed by atoms with E-state index in [0.29, 0.717) is 49.2 Å². The molecule has 0 fully saturated rings. The van der Waals surface area contributed by atoms with Gasteiger partial charge in [-0.2, -0.15) is 0 Å². The molecule has 0 radical (unpaired) electrons. The summed E-state index contributed by atoms with van der Waals surface area (Å²) in [6.07, 6.45) is 1.72. The smallest absolute Gasteiger partial charge is 0.227 e. The zero-order valence-corrected chi connectivity index (χ0v) is 25.3. The number of nitrogens with two attached hydrogens (primary N) is 1. The van der Waals surface area contributed by atoms with Crippen molar-refractivity contribution in [3.63, 3.8) is 0 Å². The Bertz CT molecular complexity index is 1010. The van der Waals surface area contributed by atoms with Crippen molar-refractivity contribution >= 4 is 11.6 Å². The maximum absolute atomic E-state index is 13.1. The monoisotopic (exact) mass is 558 g/mol. The molecule has 224 valence electrons. The van der Waals surface area contributed by atoms with Gasteiger partial charge in [0.15, 0.2) is 11.5 Å². The largest absolute Gasteiger partial charge is 0.497 e. The number of rotatable bonds is 18. The third-order valence-corrected chi connectivity index (χ3v) is 7.48. The Morgan fingerprint density at radius 1 is 0.900 bits per heavy atom. The molecule has 2 aromatic rings. The number of ether oxygens (including phenoxy) is 4. The first kappa shape index (κ1) is 33.4. The Labute approximate surface area is 240 Å². The molecule has 0 aromatic heterocycles. The van der Waals surface area contributed by atoms with Crippen molar-refractivity contribution in [1.29, 1.82) is 0 Å². The number of benzene rings is 2. The van der Waals surface area contributed by atoms with Gasteiger partial charge in [-0.3, -0.25) is 4.79 Å². The Kier molecular flexibility index (Phi) is 14.3. The van der Waals surface area contributed by atoms with E-state index < -0.39 is 12.1 Å². The van der Waals surface area contributed by atoms with Crippen molar-refractivity contribution in [2.45, 2.75) is 65.5 Å². The summed E-state index contributed by atoms with van der Waals surface area (Å²) in [6, 6.07) is 12.8. The quantitative estimate of drug-likeness (QED) is 0.213. The fraction of sp³-hybridized carbons (Fsp3) is 0.594. The maximum atomic E-state index is 13.1. The van der Waals surface area contributed by atoms with Crippen molar-refractivity contribution in [3.8, 4) is 17.2 Å². The summed E-state index contributed by atoms with van der Waals surface area (Å²) < 4.78 is 21.7. The van der Waals surface area contributed by atoms with Crippen LogP contribution in [-0.2, 0) is 16.0 Å². The molecule has 1 amide bonds. The maximum Gasteiger partial charge on any atom is 0.227 e. The van der Waals surface area contributed by atoms with E-state index in [-0.39, 0.29) is 23.7 Å². The number of aliphatic hydroxyl groups excluding tert-OH is 1. The van der Waals surface area contributed by atoms with Gasteiger partial charge in [-0.1, -0.05) is 33.8 Å². The number of aliphatic hydroxyl groups is 1. The summed E-state index contributed by atoms with van der Waals surface area (Å²) >= 11 is 0. The molecule has 4 N–H and O–H groups in total. The topological polar surface area (TPSA) is 112 Å². The Balaban J connectivity index is 2.03. The lowest BCUT2D eigenvalue weighted by molar-refractivity contribution is -0.122. The van der Waals surface area contributed by atoms with Crippen molar-refractivity contribution in [2.75, 3.05) is 39.9 Å². The third kappa shape index (κ3) is 10.6. The predicted octanol–water partition coefficient (Wildman–Crippen LogP) is 5.31. The van der Waals surface area contributed by atoms with Gasteiger partial charge in [0.25, 0.3) is 0 Å². The first-order valence-corrected chi connectivity index (χ1v) is 14.3. The van der Waals surface area contributed by atoms with Gasteiger partial charge in [-0.15, -0.1) is 0 Å². The van der Waals surface area contributed by atoms with Crippen molar-refractivity contribution in [1.82, 2.24) is 0 Å². The molecule has 0 heterocycles. The van der Waals surface area contributed by atoms with Crippen molar-refractivity contribution in [2.24, 2.45) is 29.4 Å². The molecule has 2 rings (SSSR count). The van der Waals surface area contributed by atoms with E-state index in [1.807, 2.05) is 26.0 Å². The highest BCUT2D eigenvalue weighted by atomic mass is 16.5. The summed E-state index contributed by atoms with van der Waals surface area (Å²) in [4.78, 5) is 13.1. The summed E-state index contributed by atoms with van der Waals surface area (Å²) in [5.74, 6) is 2.27. The highest BCUT2D eigenvalue weighted by Crippen LogP contribution is 2.32. The Morgan fingerprint density at radius 3 is 2.17 bits per heavy atom. The molecule has 2 aromatic carbocycles. The minimum Gasteiger partial charge on any atom is -0.497 e. The molecule has 0 spiro atoms. The highest BCUT2D eigenvalue weighted by Gasteiger charge is 2.30. The second kappa shape index (κ2) is 17.1. The number of carbonyl (C=O) groups is 1. The minimum absolute atomic E-state index is 0.0441. The van der Waals surface area contributed by atoms with Gasteiger partial charge in [0, 0.05) is 37.8 Å². The standard InChI is InChI=1S/C32H50N2O6/c1-21(2)24(17-23-9-14-30(39-7)31(18-23)40-16-8-15-37-5)19-28(33)29(35)20-27(22(3)4)32(36)34-25-10-12-26(38-6)13-11-25/h9-14,18,21-22,24,27-29,35H,8,15-17,19-20,33H2,1-7H3,(H,34,36). The lowest BCUT2D eigenvalue weighted by atomic mass is 9.81. The molecule has 0 bridgehead atoms. The molecule has 0 saturated heterocycles. The molecular formula is C32H50N2O6. The van der Waals surface area contributed by atoms with Gasteiger partial charge in [0.2, 0.25) is 5.91 Å². The van der Waals surface area contributed by atoms with Crippen LogP contribution in [0.2, 0.25) is 0 Å². The van der Waals surface area contributed by atoms with Crippen LogP contribution < -0.4 is 25.3 Å². The van der Waals surface area contributed by atoms with E-state index in [2.05, 4.69) is 25.2 Å². The Morgan fingerprint density at radius 2 is 1.60 bits per heavy atom. The van der Waals surface area contributed by atoms with Crippen LogP contribution in [0, 0.1) is 23.7 Å². The number of hydrogen-bond acceptors (Lipinski definition) is 7. The summed E-state index contributed by atoms with van der Waals surface area (Å²) in [7, 11) is 4.91. The third-order valence-electron chi connectivity index (χ3n) is 7.48. The SMILES string of the molecule is COCCCOc1cc(CC(CC(N)C(O)CC(C(=O)Nc2ccc(OC)cc2)C(C)C)C(C)C)ccc1OC. The number of methoxy groups -OCH3 is 3. The van der Waals surface area contributed by atoms with Crippen LogP contribution in [0.1, 0.15) is 52.5 Å². The van der Waals surface area contributed by atoms with Crippen molar-refractivity contribution in [3.05, 3.63) is 48.0 Å². The van der Waals surface area contributed by atoms with Crippen LogP contribution in [0.15, 0.2) is 42.5 Å². The number of nitrogens with one attached hydrogen (secondary N) is 1. The molecule has 8 heteroatoms. The minimum atomic E-state index is -0.800. The second-order valence-corrected chi connectivity index (χ2v) is 11.2. The zero-order valence-electron chi connectivity index (χ0n) is 25.3. The van der Waals surface area contributed by atoms with Gasteiger partial charge in [-0.05, 0) is 79.0 Å². The number of carbonyl (C=O) groups excluding carboxylic acids is 1. The molecular weight excluding hydrogens is 508 g/mol. The van der Waals surface area contributed by atoms with Crippen LogP contribution in [0.5, 0.6) is 17.2 Å². The molecule has 0 saturated carbocycles. The zero-order chi connectivity index (χ0) is 29.7. The van der Waals surface area contributed by atoms with E-state index in [1.165, 1.54) is 0 Å². The lowest BCUT2D eigenvalue weighted by Gasteiger charge is -2.30. The molecule has 0 aliphatic rings. The van der Waals surface area contributed by atoms with Crippen LogP contribution in [0.4, 0.5) is 5.69 Å². The molecule has 4 atom stereocenters. The van der Waals surface area contributed by atoms with Gasteiger partial charge >= 0.3 is 0 Å². The summed E-state index contributed by atoms with van der Waals surface area (Å²) in [5, 5.41) is 14.1. The Hall–Kier alpha value is -2.81. The highest BCUT2D eigenvalue weighted by molar-refractivity contribution is 5.92. The first-order chi connectivity index (χ1) is 19.1. The van der Waals surface area contributed by atoms with Gasteiger partial charge in [0.05, 0.1) is 26.9 Å². The first-order valence-electron chi connectivity index (χ1n) is 14.3. The number of anilines is 1. The lowest BCUT2D eigenvalue weighted by Crippen LogP contribution is -2.41. The van der Waals surface area contributed by atoms with E-state index in [0.717, 1.165) is 24.2 Å². The predicted molar refractivity (Wildman–Crippen MR) is 160 cm³/mol. The van der Waals surface area contributed by atoms with E-state index >= 15 is 0 Å². The van der Waals surface area contributed by atoms with E-state index in [1.54, 1.807) is 45.6 Å². The van der Waals surface area contributed by atoms with Crippen LogP contribution in [-0.4, -0.2) is 57.7 Å². The van der Waals surface area contributed by atoms with Crippen LogP contribution in [0.3, 0.4) is 0 Å². The van der Waals surface area contributed by atoms with E-state index in [4.69, 9.17) is 24.7 Å². The number of hydrogen-bond donors (Lipinski definition) is 3. The average molecular weight is 559 g/mol. The fourth-order valence-electron chi connectivity index (χ4n) is 4.77. The fourth-order valence-corrected chi connectivity index (χ4v) is 4.77.